The first-order valence-corrected chi connectivity index (χ1v) is 10.2. The Morgan fingerprint density at radius 3 is 2.38 bits per heavy atom. The number of benzene rings is 2. The van der Waals surface area contributed by atoms with Gasteiger partial charge in [-0.05, 0) is 47.7 Å². The molecule has 2 aromatic rings. The van der Waals surface area contributed by atoms with Crippen LogP contribution in [0.3, 0.4) is 0 Å². The van der Waals surface area contributed by atoms with Crippen LogP contribution in [0, 0.1) is 0 Å². The first-order valence-electron chi connectivity index (χ1n) is 10.2. The predicted molar refractivity (Wildman–Crippen MR) is 119 cm³/mol. The van der Waals surface area contributed by atoms with E-state index < -0.39 is 0 Å². The lowest BCUT2D eigenvalue weighted by Crippen LogP contribution is -2.40. The number of hydrogen-bond acceptors (Lipinski definition) is 7. The van der Waals surface area contributed by atoms with Gasteiger partial charge in [0.2, 0.25) is 17.6 Å². The molecule has 0 fully saturated rings. The number of rotatable bonds is 8. The molecular weight excluding hydrogens is 414 g/mol. The normalized spacial score (nSPS) is 14.3. The third-order valence-corrected chi connectivity index (χ3v) is 5.48. The topological polar surface area (TPSA) is 121 Å². The Bertz CT molecular complexity index is 1010. The van der Waals surface area contributed by atoms with E-state index in [1.165, 1.54) is 0 Å². The van der Waals surface area contributed by atoms with Crippen LogP contribution in [0.4, 0.5) is 0 Å². The van der Waals surface area contributed by atoms with Gasteiger partial charge in [-0.3, -0.25) is 9.59 Å². The van der Waals surface area contributed by atoms with E-state index in [2.05, 4.69) is 10.6 Å². The van der Waals surface area contributed by atoms with Gasteiger partial charge < -0.3 is 35.3 Å². The highest BCUT2D eigenvalue weighted by Gasteiger charge is 2.30. The number of ether oxygens (including phenoxy) is 4. The zero-order chi connectivity index (χ0) is 23.3. The SMILES string of the molecule is COc1ccc2c(c1)[C@@H](NC(=O)CNC(=O)CN)CCc1cc(OC)c(OC)c(OC)c1-2. The number of carbonyl (C=O) groups is 2. The molecule has 0 aliphatic heterocycles. The summed E-state index contributed by atoms with van der Waals surface area (Å²) in [6.45, 7) is -0.320. The maximum absolute atomic E-state index is 12.5. The van der Waals surface area contributed by atoms with Crippen LogP contribution in [0.1, 0.15) is 23.6 Å². The van der Waals surface area contributed by atoms with Gasteiger partial charge in [-0.2, -0.15) is 0 Å². The van der Waals surface area contributed by atoms with Crippen molar-refractivity contribution in [2.45, 2.75) is 18.9 Å². The quantitative estimate of drug-likeness (QED) is 0.566. The van der Waals surface area contributed by atoms with Crippen LogP contribution < -0.4 is 35.3 Å². The maximum Gasteiger partial charge on any atom is 0.239 e. The van der Waals surface area contributed by atoms with Gasteiger partial charge in [0.25, 0.3) is 0 Å². The Balaban J connectivity index is 2.08. The standard InChI is InChI=1S/C23H29N3O6/c1-29-14-6-7-15-16(10-14)17(26-20(28)12-25-19(27)11-24)8-5-13-9-18(30-2)22(31-3)23(32-4)21(13)15/h6-7,9-10,17H,5,8,11-12,24H2,1-4H3,(H,25,27)(H,26,28)/t17-/m0/s1. The Hall–Kier alpha value is -3.46. The molecule has 0 spiro atoms. The van der Waals surface area contributed by atoms with Crippen molar-refractivity contribution in [1.82, 2.24) is 10.6 Å². The fourth-order valence-electron chi connectivity index (χ4n) is 3.98. The number of nitrogens with two attached hydrogens (primary N) is 1. The Morgan fingerprint density at radius 1 is 1.00 bits per heavy atom. The largest absolute Gasteiger partial charge is 0.497 e. The van der Waals surface area contributed by atoms with E-state index in [1.807, 2.05) is 24.3 Å². The second-order valence-corrected chi connectivity index (χ2v) is 7.27. The lowest BCUT2D eigenvalue weighted by Gasteiger charge is -2.22. The summed E-state index contributed by atoms with van der Waals surface area (Å²) in [4.78, 5) is 24.0. The average molecular weight is 444 g/mol. The molecule has 1 aliphatic carbocycles. The van der Waals surface area contributed by atoms with Crippen molar-refractivity contribution in [3.8, 4) is 34.1 Å². The molecule has 0 radical (unpaired) electrons. The van der Waals surface area contributed by atoms with Crippen LogP contribution in [0.25, 0.3) is 11.1 Å². The van der Waals surface area contributed by atoms with Gasteiger partial charge in [0.1, 0.15) is 5.75 Å². The van der Waals surface area contributed by atoms with Crippen molar-refractivity contribution in [2.75, 3.05) is 41.5 Å². The molecular formula is C23H29N3O6. The van der Waals surface area contributed by atoms with Crippen molar-refractivity contribution in [3.63, 3.8) is 0 Å². The van der Waals surface area contributed by atoms with E-state index in [0.717, 1.165) is 22.3 Å². The third-order valence-electron chi connectivity index (χ3n) is 5.48. The molecule has 0 bridgehead atoms. The minimum Gasteiger partial charge on any atom is -0.497 e. The highest BCUT2D eigenvalue weighted by Crippen LogP contribution is 2.50. The molecule has 32 heavy (non-hydrogen) atoms. The minimum absolute atomic E-state index is 0.149. The maximum atomic E-state index is 12.5. The summed E-state index contributed by atoms with van der Waals surface area (Å²) in [6.07, 6.45) is 1.28. The van der Waals surface area contributed by atoms with Crippen LogP contribution in [-0.4, -0.2) is 53.3 Å². The Kier molecular flexibility index (Phi) is 7.42. The highest BCUT2D eigenvalue weighted by atomic mass is 16.5. The molecule has 9 nitrogen and oxygen atoms in total. The van der Waals surface area contributed by atoms with Crippen molar-refractivity contribution >= 4 is 11.8 Å². The molecule has 0 heterocycles. The molecule has 2 aromatic carbocycles. The Morgan fingerprint density at radius 2 is 1.75 bits per heavy atom. The molecule has 0 unspecified atom stereocenters. The number of nitrogens with one attached hydrogen (secondary N) is 2. The van der Waals surface area contributed by atoms with Gasteiger partial charge in [-0.25, -0.2) is 0 Å². The zero-order valence-electron chi connectivity index (χ0n) is 18.7. The van der Waals surface area contributed by atoms with E-state index >= 15 is 0 Å². The summed E-state index contributed by atoms with van der Waals surface area (Å²) in [5.74, 6) is 1.61. The molecule has 9 heteroatoms. The van der Waals surface area contributed by atoms with Crippen LogP contribution >= 0.6 is 0 Å². The molecule has 1 aliphatic rings. The lowest BCUT2D eigenvalue weighted by atomic mass is 9.93. The van der Waals surface area contributed by atoms with Gasteiger partial charge in [0.15, 0.2) is 11.5 Å². The number of hydrogen-bond donors (Lipinski definition) is 3. The number of aryl methyl sites for hydroxylation is 1. The van der Waals surface area contributed by atoms with E-state index in [0.29, 0.717) is 35.8 Å². The van der Waals surface area contributed by atoms with Gasteiger partial charge in [-0.1, -0.05) is 6.07 Å². The van der Waals surface area contributed by atoms with Crippen molar-refractivity contribution in [2.24, 2.45) is 5.73 Å². The average Bonchev–Trinajstić information content (AvgIpc) is 2.97. The van der Waals surface area contributed by atoms with E-state index in [4.69, 9.17) is 24.7 Å². The summed E-state index contributed by atoms with van der Waals surface area (Å²) in [7, 11) is 6.33. The second kappa shape index (κ2) is 10.2. The summed E-state index contributed by atoms with van der Waals surface area (Å²) in [5.41, 5.74) is 8.97. The Labute approximate surface area is 187 Å². The lowest BCUT2D eigenvalue weighted by molar-refractivity contribution is -0.125. The summed E-state index contributed by atoms with van der Waals surface area (Å²) >= 11 is 0. The first kappa shape index (κ1) is 23.2. The van der Waals surface area contributed by atoms with Crippen molar-refractivity contribution < 1.29 is 28.5 Å². The molecule has 2 amide bonds. The van der Waals surface area contributed by atoms with Crippen LogP contribution in [0.2, 0.25) is 0 Å². The van der Waals surface area contributed by atoms with Gasteiger partial charge >= 0.3 is 0 Å². The summed E-state index contributed by atoms with van der Waals surface area (Å²) in [6, 6.07) is 7.35. The monoisotopic (exact) mass is 443 g/mol. The molecule has 0 saturated heterocycles. The van der Waals surface area contributed by atoms with Crippen LogP contribution in [0.5, 0.6) is 23.0 Å². The van der Waals surface area contributed by atoms with Crippen molar-refractivity contribution in [1.29, 1.82) is 0 Å². The second-order valence-electron chi connectivity index (χ2n) is 7.27. The fourth-order valence-corrected chi connectivity index (χ4v) is 3.98. The molecule has 172 valence electrons. The number of methoxy groups -OCH3 is 4. The van der Waals surface area contributed by atoms with Gasteiger partial charge in [0, 0.05) is 5.56 Å². The number of amides is 2. The number of fused-ring (bicyclic) bond motifs is 3. The summed E-state index contributed by atoms with van der Waals surface area (Å²) < 4.78 is 22.3. The van der Waals surface area contributed by atoms with E-state index in [1.54, 1.807) is 28.4 Å². The zero-order valence-corrected chi connectivity index (χ0v) is 18.7. The van der Waals surface area contributed by atoms with Crippen LogP contribution in [0.15, 0.2) is 24.3 Å². The van der Waals surface area contributed by atoms with E-state index in [9.17, 15) is 9.59 Å². The molecule has 0 aromatic heterocycles. The van der Waals surface area contributed by atoms with Gasteiger partial charge in [-0.15, -0.1) is 0 Å². The van der Waals surface area contributed by atoms with E-state index in [-0.39, 0.29) is 30.9 Å². The minimum atomic E-state index is -0.389. The molecule has 0 saturated carbocycles. The fraction of sp³-hybridized carbons (Fsp3) is 0.391. The summed E-state index contributed by atoms with van der Waals surface area (Å²) in [5, 5.41) is 5.52. The predicted octanol–water partition coefficient (Wildman–Crippen LogP) is 1.57. The van der Waals surface area contributed by atoms with Gasteiger partial charge in [0.05, 0.1) is 47.6 Å². The highest BCUT2D eigenvalue weighted by molar-refractivity contribution is 5.87. The molecule has 4 N–H and O–H groups in total. The van der Waals surface area contributed by atoms with Crippen molar-refractivity contribution in [3.05, 3.63) is 35.4 Å². The molecule has 1 atom stereocenters. The first-order chi connectivity index (χ1) is 15.5. The van der Waals surface area contributed by atoms with Crippen LogP contribution in [-0.2, 0) is 16.0 Å². The third kappa shape index (κ3) is 4.57. The smallest absolute Gasteiger partial charge is 0.239 e. The number of carbonyl (C=O) groups excluding carboxylic acids is 2. The molecule has 3 rings (SSSR count).